The van der Waals surface area contributed by atoms with Gasteiger partial charge in [-0.3, -0.25) is 19.3 Å². The fourth-order valence-corrected chi connectivity index (χ4v) is 2.01. The van der Waals surface area contributed by atoms with Gasteiger partial charge >= 0.3 is 0 Å². The van der Waals surface area contributed by atoms with Crippen molar-refractivity contribution in [1.82, 2.24) is 5.32 Å². The average molecular weight is 296 g/mol. The molecule has 1 atom stereocenters. The first-order valence-corrected chi connectivity index (χ1v) is 6.49. The van der Waals surface area contributed by atoms with Crippen molar-refractivity contribution in [1.29, 1.82) is 0 Å². The molecule has 0 radical (unpaired) electrons. The minimum atomic E-state index is -1.21. The minimum absolute atomic E-state index is 0.0804. The van der Waals surface area contributed by atoms with E-state index in [1.54, 1.807) is 6.92 Å². The fourth-order valence-electron chi connectivity index (χ4n) is 2.01. The molecule has 21 heavy (non-hydrogen) atoms. The summed E-state index contributed by atoms with van der Waals surface area (Å²) in [7, 11) is 0. The number of hydrogen-bond acceptors (Lipinski definition) is 3. The first-order valence-electron chi connectivity index (χ1n) is 6.49. The highest BCUT2D eigenvalue weighted by Gasteiger charge is 2.38. The van der Waals surface area contributed by atoms with E-state index in [1.165, 1.54) is 0 Å². The Morgan fingerprint density at radius 1 is 1.29 bits per heavy atom. The second-order valence-corrected chi connectivity index (χ2v) is 4.88. The van der Waals surface area contributed by atoms with Gasteiger partial charge in [0.2, 0.25) is 5.91 Å². The van der Waals surface area contributed by atoms with E-state index in [9.17, 15) is 23.2 Å². The second kappa shape index (κ2) is 5.59. The first-order chi connectivity index (χ1) is 9.85. The molecular weight excluding hydrogens is 282 g/mol. The van der Waals surface area contributed by atoms with Crippen LogP contribution in [0.3, 0.4) is 0 Å². The Hall–Kier alpha value is -2.31. The lowest BCUT2D eigenvalue weighted by Crippen LogP contribution is -2.42. The summed E-state index contributed by atoms with van der Waals surface area (Å²) in [6.45, 7) is 3.26. The molecule has 0 aliphatic carbocycles. The third-order valence-electron chi connectivity index (χ3n) is 3.33. The van der Waals surface area contributed by atoms with Crippen molar-refractivity contribution in [2.24, 2.45) is 0 Å². The lowest BCUT2D eigenvalue weighted by molar-refractivity contribution is -0.122. The third-order valence-corrected chi connectivity index (χ3v) is 3.33. The van der Waals surface area contributed by atoms with Crippen LogP contribution in [-0.2, 0) is 9.59 Å². The highest BCUT2D eigenvalue weighted by molar-refractivity contribution is 6.52. The van der Waals surface area contributed by atoms with E-state index in [1.807, 2.05) is 6.92 Å². The minimum Gasteiger partial charge on any atom is -0.352 e. The van der Waals surface area contributed by atoms with Crippen LogP contribution in [0.5, 0.6) is 0 Å². The maximum atomic E-state index is 13.3. The molecule has 0 spiro atoms. The van der Waals surface area contributed by atoms with Gasteiger partial charge in [-0.05, 0) is 19.4 Å². The summed E-state index contributed by atoms with van der Waals surface area (Å²) in [5.74, 6) is -4.76. The molecule has 1 aliphatic rings. The molecule has 0 saturated carbocycles. The topological polar surface area (TPSA) is 66.5 Å². The van der Waals surface area contributed by atoms with Gasteiger partial charge in [-0.15, -0.1) is 0 Å². The number of anilines is 1. The number of benzene rings is 1. The van der Waals surface area contributed by atoms with E-state index in [0.29, 0.717) is 12.5 Å². The zero-order valence-electron chi connectivity index (χ0n) is 11.6. The zero-order valence-corrected chi connectivity index (χ0v) is 11.6. The molecule has 2 rings (SSSR count). The van der Waals surface area contributed by atoms with Gasteiger partial charge in [0, 0.05) is 12.1 Å². The average Bonchev–Trinajstić information content (AvgIpc) is 2.65. The largest absolute Gasteiger partial charge is 0.352 e. The van der Waals surface area contributed by atoms with Gasteiger partial charge in [0.15, 0.2) is 11.6 Å². The molecule has 1 unspecified atom stereocenters. The van der Waals surface area contributed by atoms with Crippen molar-refractivity contribution in [3.05, 3.63) is 29.3 Å². The number of carbonyl (C=O) groups excluding carboxylic acids is 3. The summed E-state index contributed by atoms with van der Waals surface area (Å²) in [5, 5.41) is 2.64. The number of fused-ring (bicyclic) bond motifs is 1. The SMILES string of the molecule is CCC(C)NC(=O)CN1C(=O)C(=O)c2cc(F)c(F)cc21. The van der Waals surface area contributed by atoms with E-state index in [0.717, 1.165) is 11.0 Å². The Bertz CT molecular complexity index is 631. The smallest absolute Gasteiger partial charge is 0.299 e. The summed E-state index contributed by atoms with van der Waals surface area (Å²) < 4.78 is 26.4. The van der Waals surface area contributed by atoms with Crippen LogP contribution in [0.2, 0.25) is 0 Å². The van der Waals surface area contributed by atoms with Crippen LogP contribution in [0.4, 0.5) is 14.5 Å². The normalized spacial score (nSPS) is 15.1. The number of halogens is 2. The molecule has 5 nitrogen and oxygen atoms in total. The zero-order chi connectivity index (χ0) is 15.7. The Morgan fingerprint density at radius 3 is 2.52 bits per heavy atom. The Morgan fingerprint density at radius 2 is 1.90 bits per heavy atom. The maximum Gasteiger partial charge on any atom is 0.299 e. The monoisotopic (exact) mass is 296 g/mol. The van der Waals surface area contributed by atoms with E-state index >= 15 is 0 Å². The van der Waals surface area contributed by atoms with Crippen LogP contribution < -0.4 is 10.2 Å². The summed E-state index contributed by atoms with van der Waals surface area (Å²) in [5.41, 5.74) is -0.307. The molecule has 1 aromatic carbocycles. The molecule has 0 aromatic heterocycles. The van der Waals surface area contributed by atoms with Gasteiger partial charge in [0.25, 0.3) is 11.7 Å². The fraction of sp³-hybridized carbons (Fsp3) is 0.357. The number of Topliss-reactive ketones (excluding diaryl/α,β-unsaturated/α-hetero) is 1. The van der Waals surface area contributed by atoms with Gasteiger partial charge in [-0.25, -0.2) is 8.78 Å². The second-order valence-electron chi connectivity index (χ2n) is 4.88. The summed E-state index contributed by atoms with van der Waals surface area (Å²) in [6.07, 6.45) is 0.703. The number of rotatable bonds is 4. The number of amides is 2. The number of hydrogen-bond donors (Lipinski definition) is 1. The standard InChI is InChI=1S/C14H14F2N2O3/c1-3-7(2)17-12(19)6-18-11-5-10(16)9(15)4-8(11)13(20)14(18)21/h4-5,7H,3,6H2,1-2H3,(H,17,19). The summed E-state index contributed by atoms with van der Waals surface area (Å²) in [4.78, 5) is 36.2. The quantitative estimate of drug-likeness (QED) is 0.854. The highest BCUT2D eigenvalue weighted by atomic mass is 19.2. The van der Waals surface area contributed by atoms with Crippen molar-refractivity contribution in [3.8, 4) is 0 Å². The molecule has 0 saturated heterocycles. The van der Waals surface area contributed by atoms with E-state index < -0.39 is 35.8 Å². The molecule has 7 heteroatoms. The van der Waals surface area contributed by atoms with Crippen LogP contribution in [-0.4, -0.2) is 30.2 Å². The predicted octanol–water partition coefficient (Wildman–Crippen LogP) is 1.41. The summed E-state index contributed by atoms with van der Waals surface area (Å²) in [6, 6.07) is 1.34. The molecular formula is C14H14F2N2O3. The van der Waals surface area contributed by atoms with Crippen molar-refractivity contribution in [3.63, 3.8) is 0 Å². The number of carbonyl (C=O) groups is 3. The van der Waals surface area contributed by atoms with Crippen LogP contribution in [0, 0.1) is 11.6 Å². The summed E-state index contributed by atoms with van der Waals surface area (Å²) >= 11 is 0. The number of nitrogens with zero attached hydrogens (tertiary/aromatic N) is 1. The van der Waals surface area contributed by atoms with Gasteiger partial charge in [-0.2, -0.15) is 0 Å². The molecule has 112 valence electrons. The third kappa shape index (κ3) is 2.76. The Labute approximate surface area is 119 Å². The predicted molar refractivity (Wildman–Crippen MR) is 70.9 cm³/mol. The van der Waals surface area contributed by atoms with Crippen molar-refractivity contribution >= 4 is 23.3 Å². The van der Waals surface area contributed by atoms with Gasteiger partial charge < -0.3 is 5.32 Å². The molecule has 1 N–H and O–H groups in total. The molecule has 2 amide bonds. The van der Waals surface area contributed by atoms with Crippen LogP contribution in [0.15, 0.2) is 12.1 Å². The molecule has 0 bridgehead atoms. The molecule has 1 aromatic rings. The van der Waals surface area contributed by atoms with Crippen molar-refractivity contribution < 1.29 is 23.2 Å². The van der Waals surface area contributed by atoms with Crippen molar-refractivity contribution in [2.75, 3.05) is 11.4 Å². The van der Waals surface area contributed by atoms with Crippen LogP contribution >= 0.6 is 0 Å². The molecule has 1 heterocycles. The van der Waals surface area contributed by atoms with Gasteiger partial charge in [0.1, 0.15) is 6.54 Å². The lowest BCUT2D eigenvalue weighted by atomic mass is 10.1. The maximum absolute atomic E-state index is 13.3. The van der Waals surface area contributed by atoms with Crippen LogP contribution in [0.1, 0.15) is 30.6 Å². The lowest BCUT2D eigenvalue weighted by Gasteiger charge is -2.18. The molecule has 0 fully saturated rings. The van der Waals surface area contributed by atoms with Crippen LogP contribution in [0.25, 0.3) is 0 Å². The van der Waals surface area contributed by atoms with E-state index in [4.69, 9.17) is 0 Å². The Balaban J connectivity index is 2.27. The molecule has 1 aliphatic heterocycles. The Kier molecular flexibility index (Phi) is 4.02. The first kappa shape index (κ1) is 15.1. The number of nitrogens with one attached hydrogen (secondary N) is 1. The number of ketones is 1. The van der Waals surface area contributed by atoms with Gasteiger partial charge in [-0.1, -0.05) is 6.92 Å². The highest BCUT2D eigenvalue weighted by Crippen LogP contribution is 2.30. The van der Waals surface area contributed by atoms with Gasteiger partial charge in [0.05, 0.1) is 11.3 Å². The van der Waals surface area contributed by atoms with E-state index in [2.05, 4.69) is 5.32 Å². The van der Waals surface area contributed by atoms with Crippen molar-refractivity contribution in [2.45, 2.75) is 26.3 Å². The van der Waals surface area contributed by atoms with E-state index in [-0.39, 0.29) is 17.3 Å².